The molecule has 0 amide bonds. The minimum atomic E-state index is -0.378. The van der Waals surface area contributed by atoms with Crippen LogP contribution in [0.5, 0.6) is 0 Å². The Bertz CT molecular complexity index is 488. The molecular formula is C13H12ClFN2. The summed E-state index contributed by atoms with van der Waals surface area (Å²) in [6, 6.07) is 14.6. The summed E-state index contributed by atoms with van der Waals surface area (Å²) >= 11 is 5.69. The van der Waals surface area contributed by atoms with Gasteiger partial charge in [0.1, 0.15) is 5.82 Å². The van der Waals surface area contributed by atoms with Crippen molar-refractivity contribution < 1.29 is 4.39 Å². The molecule has 0 aliphatic heterocycles. The van der Waals surface area contributed by atoms with Crippen LogP contribution in [0, 0.1) is 5.82 Å². The first-order valence-electron chi connectivity index (χ1n) is 5.24. The highest BCUT2D eigenvalue weighted by molar-refractivity contribution is 6.30. The summed E-state index contributed by atoms with van der Waals surface area (Å²) in [5.74, 6) is -0.378. The molecule has 0 aromatic heterocycles. The zero-order chi connectivity index (χ0) is 12.1. The van der Waals surface area contributed by atoms with Gasteiger partial charge in [0.2, 0.25) is 0 Å². The summed E-state index contributed by atoms with van der Waals surface area (Å²) in [5, 5.41) is 0.143. The van der Waals surface area contributed by atoms with Crippen molar-refractivity contribution in [3.63, 3.8) is 0 Å². The quantitative estimate of drug-likeness (QED) is 0.811. The number of hydrazine groups is 1. The highest BCUT2D eigenvalue weighted by Gasteiger charge is 2.04. The third-order valence-corrected chi connectivity index (χ3v) is 2.61. The van der Waals surface area contributed by atoms with Gasteiger partial charge in [-0.3, -0.25) is 0 Å². The van der Waals surface area contributed by atoms with Crippen LogP contribution in [0.3, 0.4) is 0 Å². The van der Waals surface area contributed by atoms with E-state index in [1.54, 1.807) is 12.1 Å². The molecule has 0 heterocycles. The van der Waals surface area contributed by atoms with E-state index in [2.05, 4.69) is 10.9 Å². The normalized spacial score (nSPS) is 10.2. The maximum atomic E-state index is 13.5. The average molecular weight is 251 g/mol. The number of hydrogen-bond acceptors (Lipinski definition) is 2. The molecule has 0 spiro atoms. The van der Waals surface area contributed by atoms with E-state index in [9.17, 15) is 4.39 Å². The first-order valence-corrected chi connectivity index (χ1v) is 5.62. The fraction of sp³-hybridized carbons (Fsp3) is 0.0769. The summed E-state index contributed by atoms with van der Waals surface area (Å²) in [5.41, 5.74) is 7.37. The summed E-state index contributed by atoms with van der Waals surface area (Å²) in [7, 11) is 0. The minimum Gasteiger partial charge on any atom is -0.321 e. The molecule has 2 rings (SSSR count). The molecule has 0 unspecified atom stereocenters. The van der Waals surface area contributed by atoms with Crippen molar-refractivity contribution in [2.75, 3.05) is 5.43 Å². The van der Waals surface area contributed by atoms with E-state index in [0.717, 1.165) is 5.69 Å². The van der Waals surface area contributed by atoms with Crippen LogP contribution in [0.25, 0.3) is 0 Å². The molecule has 4 heteroatoms. The van der Waals surface area contributed by atoms with Crippen molar-refractivity contribution in [3.8, 4) is 0 Å². The first-order chi connectivity index (χ1) is 8.27. The average Bonchev–Trinajstić information content (AvgIpc) is 2.36. The Hall–Kier alpha value is -1.58. The summed E-state index contributed by atoms with van der Waals surface area (Å²) in [6.07, 6.45) is 0. The second-order valence-corrected chi connectivity index (χ2v) is 3.96. The second-order valence-electron chi connectivity index (χ2n) is 3.56. The Morgan fingerprint density at radius 1 is 1.00 bits per heavy atom. The van der Waals surface area contributed by atoms with E-state index in [0.29, 0.717) is 12.1 Å². The smallest absolute Gasteiger partial charge is 0.146 e. The van der Waals surface area contributed by atoms with Crippen molar-refractivity contribution in [3.05, 3.63) is 64.9 Å². The third kappa shape index (κ3) is 3.19. The van der Waals surface area contributed by atoms with E-state index in [4.69, 9.17) is 11.6 Å². The van der Waals surface area contributed by atoms with Crippen LogP contribution in [0.1, 0.15) is 5.56 Å². The van der Waals surface area contributed by atoms with Gasteiger partial charge in [0.05, 0.1) is 5.02 Å². The predicted molar refractivity (Wildman–Crippen MR) is 68.3 cm³/mol. The van der Waals surface area contributed by atoms with Crippen LogP contribution in [0.4, 0.5) is 10.1 Å². The summed E-state index contributed by atoms with van der Waals surface area (Å²) in [4.78, 5) is 0. The van der Waals surface area contributed by atoms with Gasteiger partial charge in [-0.25, -0.2) is 9.82 Å². The van der Waals surface area contributed by atoms with E-state index in [-0.39, 0.29) is 10.8 Å². The number of benzene rings is 2. The van der Waals surface area contributed by atoms with Crippen molar-refractivity contribution in [2.24, 2.45) is 0 Å². The molecule has 0 aliphatic carbocycles. The molecule has 2 aromatic carbocycles. The fourth-order valence-corrected chi connectivity index (χ4v) is 1.64. The Morgan fingerprint density at radius 3 is 2.53 bits per heavy atom. The van der Waals surface area contributed by atoms with Crippen LogP contribution in [0.15, 0.2) is 48.5 Å². The van der Waals surface area contributed by atoms with Crippen LogP contribution >= 0.6 is 11.6 Å². The Kier molecular flexibility index (Phi) is 3.96. The van der Waals surface area contributed by atoms with Crippen molar-refractivity contribution in [2.45, 2.75) is 6.54 Å². The Morgan fingerprint density at radius 2 is 1.76 bits per heavy atom. The number of halogens is 2. The molecule has 0 atom stereocenters. The number of anilines is 1. The molecule has 0 saturated carbocycles. The van der Waals surface area contributed by atoms with Gasteiger partial charge in [-0.2, -0.15) is 0 Å². The van der Waals surface area contributed by atoms with Crippen molar-refractivity contribution in [1.82, 2.24) is 5.43 Å². The lowest BCUT2D eigenvalue weighted by atomic mass is 10.2. The highest BCUT2D eigenvalue weighted by Crippen LogP contribution is 2.17. The summed E-state index contributed by atoms with van der Waals surface area (Å²) < 4.78 is 13.5. The SMILES string of the molecule is Fc1c(Cl)cccc1CNNc1ccccc1. The summed E-state index contributed by atoms with van der Waals surface area (Å²) in [6.45, 7) is 0.362. The molecule has 0 bridgehead atoms. The molecule has 0 saturated heterocycles. The van der Waals surface area contributed by atoms with E-state index >= 15 is 0 Å². The molecule has 17 heavy (non-hydrogen) atoms. The molecule has 2 nitrogen and oxygen atoms in total. The zero-order valence-corrected chi connectivity index (χ0v) is 9.84. The van der Waals surface area contributed by atoms with Crippen molar-refractivity contribution >= 4 is 17.3 Å². The largest absolute Gasteiger partial charge is 0.321 e. The Labute approximate surface area is 104 Å². The van der Waals surface area contributed by atoms with E-state index < -0.39 is 0 Å². The zero-order valence-electron chi connectivity index (χ0n) is 9.08. The molecule has 0 aliphatic rings. The van der Waals surface area contributed by atoms with Gasteiger partial charge >= 0.3 is 0 Å². The minimum absolute atomic E-state index is 0.143. The lowest BCUT2D eigenvalue weighted by Gasteiger charge is -2.09. The molecule has 2 aromatic rings. The van der Waals surface area contributed by atoms with Gasteiger partial charge in [0.15, 0.2) is 0 Å². The third-order valence-electron chi connectivity index (χ3n) is 2.32. The monoisotopic (exact) mass is 250 g/mol. The fourth-order valence-electron chi connectivity index (χ4n) is 1.45. The lowest BCUT2D eigenvalue weighted by molar-refractivity contribution is 0.600. The number of hydrogen-bond donors (Lipinski definition) is 2. The molecule has 0 fully saturated rings. The second kappa shape index (κ2) is 5.66. The van der Waals surface area contributed by atoms with Gasteiger partial charge in [-0.05, 0) is 18.2 Å². The standard InChI is InChI=1S/C13H12ClFN2/c14-12-8-4-5-10(13(12)15)9-16-17-11-6-2-1-3-7-11/h1-8,16-17H,9H2. The van der Waals surface area contributed by atoms with Crippen LogP contribution in [0.2, 0.25) is 5.02 Å². The van der Waals surface area contributed by atoms with Gasteiger partial charge < -0.3 is 5.43 Å². The lowest BCUT2D eigenvalue weighted by Crippen LogP contribution is -2.21. The topological polar surface area (TPSA) is 24.1 Å². The maximum Gasteiger partial charge on any atom is 0.146 e. The molecule has 0 radical (unpaired) electrons. The van der Waals surface area contributed by atoms with Gasteiger partial charge in [-0.1, -0.05) is 41.9 Å². The number of rotatable bonds is 4. The predicted octanol–water partition coefficient (Wildman–Crippen LogP) is 3.60. The maximum absolute atomic E-state index is 13.5. The first kappa shape index (κ1) is 11.9. The molecule has 88 valence electrons. The highest BCUT2D eigenvalue weighted by atomic mass is 35.5. The van der Waals surface area contributed by atoms with E-state index in [1.165, 1.54) is 6.07 Å². The number of para-hydroxylation sites is 1. The van der Waals surface area contributed by atoms with Gasteiger partial charge in [0, 0.05) is 17.8 Å². The number of nitrogens with one attached hydrogen (secondary N) is 2. The van der Waals surface area contributed by atoms with E-state index in [1.807, 2.05) is 30.3 Å². The van der Waals surface area contributed by atoms with Crippen molar-refractivity contribution in [1.29, 1.82) is 0 Å². The van der Waals surface area contributed by atoms with Gasteiger partial charge in [0.25, 0.3) is 0 Å². The van der Waals surface area contributed by atoms with Crippen LogP contribution < -0.4 is 10.9 Å². The van der Waals surface area contributed by atoms with Gasteiger partial charge in [-0.15, -0.1) is 0 Å². The molecular weight excluding hydrogens is 239 g/mol. The molecule has 2 N–H and O–H groups in total. The van der Waals surface area contributed by atoms with Crippen LogP contribution in [-0.4, -0.2) is 0 Å². The van der Waals surface area contributed by atoms with Crippen LogP contribution in [-0.2, 0) is 6.54 Å². The Balaban J connectivity index is 1.93.